The largest absolute Gasteiger partial charge is 0.373 e. The second-order valence-electron chi connectivity index (χ2n) is 3.83. The Morgan fingerprint density at radius 1 is 1.27 bits per heavy atom. The Morgan fingerprint density at radius 2 is 1.93 bits per heavy atom. The van der Waals surface area contributed by atoms with Gasteiger partial charge in [0.25, 0.3) is 0 Å². The van der Waals surface area contributed by atoms with Crippen molar-refractivity contribution in [2.75, 3.05) is 7.11 Å². The van der Waals surface area contributed by atoms with Gasteiger partial charge in [-0.3, -0.25) is 4.79 Å². The molecule has 0 fully saturated rings. The number of carbonyl (C=O) groups excluding carboxylic acids is 1. The van der Waals surface area contributed by atoms with Crippen molar-refractivity contribution < 1.29 is 9.53 Å². The Balaban J connectivity index is 3.66. The van der Waals surface area contributed by atoms with Crippen LogP contribution in [0.2, 0.25) is 0 Å². The topological polar surface area (TPSA) is 26.3 Å². The number of rotatable bonds is 9. The van der Waals surface area contributed by atoms with Crippen LogP contribution in [0.4, 0.5) is 0 Å². The van der Waals surface area contributed by atoms with Crippen LogP contribution in [0, 0.1) is 0 Å². The number of methoxy groups -OCH3 is 1. The number of unbranched alkanes of at least 4 members (excludes halogenated alkanes) is 4. The normalized spacial score (nSPS) is 13.3. The molecule has 2 nitrogen and oxygen atoms in total. The Labute approximate surface area is 93.7 Å². The van der Waals surface area contributed by atoms with E-state index < -0.39 is 0 Å². The molecular weight excluding hydrogens is 188 g/mol. The Kier molecular flexibility index (Phi) is 9.49. The van der Waals surface area contributed by atoms with Gasteiger partial charge in [-0.15, -0.1) is 0 Å². The average Bonchev–Trinajstić information content (AvgIpc) is 2.23. The predicted octanol–water partition coefficient (Wildman–Crippen LogP) is 3.51. The molecule has 0 spiro atoms. The van der Waals surface area contributed by atoms with E-state index in [2.05, 4.69) is 6.92 Å². The minimum atomic E-state index is -0.233. The molecule has 0 saturated carbocycles. The molecule has 0 aliphatic carbocycles. The summed E-state index contributed by atoms with van der Waals surface area (Å²) in [6.45, 7) is 4.05. The number of hydrogen-bond acceptors (Lipinski definition) is 2. The van der Waals surface area contributed by atoms with Gasteiger partial charge in [0.2, 0.25) is 0 Å². The van der Waals surface area contributed by atoms with Crippen LogP contribution in [0.1, 0.15) is 52.4 Å². The fourth-order valence-corrected chi connectivity index (χ4v) is 1.58. The van der Waals surface area contributed by atoms with Gasteiger partial charge >= 0.3 is 0 Å². The Hall–Kier alpha value is -0.630. The summed E-state index contributed by atoms with van der Waals surface area (Å²) in [4.78, 5) is 11.5. The van der Waals surface area contributed by atoms with Gasteiger partial charge < -0.3 is 4.74 Å². The summed E-state index contributed by atoms with van der Waals surface area (Å²) in [5, 5.41) is 0. The molecule has 0 N–H and O–H groups in total. The van der Waals surface area contributed by atoms with Gasteiger partial charge in [-0.1, -0.05) is 45.1 Å². The van der Waals surface area contributed by atoms with Crippen LogP contribution in [0.3, 0.4) is 0 Å². The third-order valence-electron chi connectivity index (χ3n) is 2.50. The van der Waals surface area contributed by atoms with E-state index in [4.69, 9.17) is 4.74 Å². The van der Waals surface area contributed by atoms with E-state index in [9.17, 15) is 4.79 Å². The standard InChI is InChI=1S/C13H24O2/c1-4-6-7-8-9-11-13(15-3)12(14)10-5-2/h5,10,13H,4,6-9,11H2,1-3H3. The molecule has 0 bridgehead atoms. The zero-order chi connectivity index (χ0) is 11.5. The van der Waals surface area contributed by atoms with Crippen molar-refractivity contribution in [3.8, 4) is 0 Å². The van der Waals surface area contributed by atoms with Crippen molar-refractivity contribution in [3.63, 3.8) is 0 Å². The first kappa shape index (κ1) is 14.4. The number of ketones is 1. The summed E-state index contributed by atoms with van der Waals surface area (Å²) >= 11 is 0. The smallest absolute Gasteiger partial charge is 0.184 e. The van der Waals surface area contributed by atoms with E-state index in [1.54, 1.807) is 19.3 Å². The van der Waals surface area contributed by atoms with Crippen molar-refractivity contribution in [1.82, 2.24) is 0 Å². The summed E-state index contributed by atoms with van der Waals surface area (Å²) < 4.78 is 5.17. The molecule has 15 heavy (non-hydrogen) atoms. The maximum Gasteiger partial charge on any atom is 0.184 e. The minimum absolute atomic E-state index is 0.0930. The van der Waals surface area contributed by atoms with Gasteiger partial charge in [-0.05, 0) is 19.4 Å². The molecule has 0 aliphatic rings. The van der Waals surface area contributed by atoms with E-state index in [-0.39, 0.29) is 11.9 Å². The third kappa shape index (κ3) is 7.32. The lowest BCUT2D eigenvalue weighted by molar-refractivity contribution is -0.124. The number of allylic oxidation sites excluding steroid dienone is 1. The van der Waals surface area contributed by atoms with E-state index in [0.29, 0.717) is 0 Å². The molecule has 0 rings (SSSR count). The van der Waals surface area contributed by atoms with Gasteiger partial charge in [0.15, 0.2) is 5.78 Å². The van der Waals surface area contributed by atoms with Crippen molar-refractivity contribution >= 4 is 5.78 Å². The fourth-order valence-electron chi connectivity index (χ4n) is 1.58. The molecule has 0 radical (unpaired) electrons. The van der Waals surface area contributed by atoms with Crippen LogP contribution in [0.25, 0.3) is 0 Å². The molecular formula is C13H24O2. The van der Waals surface area contributed by atoms with Crippen LogP contribution in [-0.2, 0) is 9.53 Å². The second kappa shape index (κ2) is 9.91. The van der Waals surface area contributed by atoms with E-state index >= 15 is 0 Å². The lowest BCUT2D eigenvalue weighted by Gasteiger charge is -2.11. The maximum absolute atomic E-state index is 11.5. The first-order valence-electron chi connectivity index (χ1n) is 5.95. The van der Waals surface area contributed by atoms with E-state index in [0.717, 1.165) is 12.8 Å². The van der Waals surface area contributed by atoms with Gasteiger partial charge in [-0.25, -0.2) is 0 Å². The Bertz CT molecular complexity index is 185. The van der Waals surface area contributed by atoms with Crippen molar-refractivity contribution in [2.45, 2.75) is 58.5 Å². The zero-order valence-electron chi connectivity index (χ0n) is 10.3. The highest BCUT2D eigenvalue weighted by atomic mass is 16.5. The molecule has 88 valence electrons. The molecule has 2 heteroatoms. The molecule has 1 atom stereocenters. The second-order valence-corrected chi connectivity index (χ2v) is 3.83. The molecule has 0 aromatic rings. The average molecular weight is 212 g/mol. The highest BCUT2D eigenvalue weighted by molar-refractivity contribution is 5.93. The molecule has 0 aromatic heterocycles. The fraction of sp³-hybridized carbons (Fsp3) is 0.769. The monoisotopic (exact) mass is 212 g/mol. The first-order valence-corrected chi connectivity index (χ1v) is 5.95. The number of ether oxygens (including phenoxy) is 1. The summed E-state index contributed by atoms with van der Waals surface area (Å²) in [6, 6.07) is 0. The van der Waals surface area contributed by atoms with Crippen LogP contribution in [0.5, 0.6) is 0 Å². The van der Waals surface area contributed by atoms with Gasteiger partial charge in [-0.2, -0.15) is 0 Å². The van der Waals surface area contributed by atoms with Crippen LogP contribution >= 0.6 is 0 Å². The van der Waals surface area contributed by atoms with Crippen molar-refractivity contribution in [1.29, 1.82) is 0 Å². The quantitative estimate of drug-likeness (QED) is 0.432. The minimum Gasteiger partial charge on any atom is -0.373 e. The maximum atomic E-state index is 11.5. The summed E-state index contributed by atoms with van der Waals surface area (Å²) in [5.74, 6) is 0.0930. The first-order chi connectivity index (χ1) is 7.26. The number of hydrogen-bond donors (Lipinski definition) is 0. The molecule has 1 unspecified atom stereocenters. The molecule has 0 saturated heterocycles. The van der Waals surface area contributed by atoms with E-state index in [1.165, 1.54) is 25.7 Å². The van der Waals surface area contributed by atoms with Gasteiger partial charge in [0, 0.05) is 7.11 Å². The summed E-state index contributed by atoms with van der Waals surface area (Å²) in [7, 11) is 1.61. The summed E-state index contributed by atoms with van der Waals surface area (Å²) in [5.41, 5.74) is 0. The predicted molar refractivity (Wildman–Crippen MR) is 64.0 cm³/mol. The molecule has 0 aliphatic heterocycles. The SMILES string of the molecule is CC=CC(=O)C(CCCCCCC)OC. The molecule has 0 aromatic carbocycles. The lowest BCUT2D eigenvalue weighted by atomic mass is 10.1. The third-order valence-corrected chi connectivity index (χ3v) is 2.50. The highest BCUT2D eigenvalue weighted by Gasteiger charge is 2.13. The van der Waals surface area contributed by atoms with Crippen molar-refractivity contribution in [3.05, 3.63) is 12.2 Å². The molecule has 0 amide bonds. The van der Waals surface area contributed by atoms with Gasteiger partial charge in [0.1, 0.15) is 6.10 Å². The van der Waals surface area contributed by atoms with Gasteiger partial charge in [0.05, 0.1) is 0 Å². The molecule has 0 heterocycles. The zero-order valence-corrected chi connectivity index (χ0v) is 10.3. The lowest BCUT2D eigenvalue weighted by Crippen LogP contribution is -2.20. The van der Waals surface area contributed by atoms with Crippen LogP contribution in [-0.4, -0.2) is 19.0 Å². The highest BCUT2D eigenvalue weighted by Crippen LogP contribution is 2.10. The Morgan fingerprint density at radius 3 is 2.47 bits per heavy atom. The summed E-state index contributed by atoms with van der Waals surface area (Å²) in [6.07, 6.45) is 10.1. The van der Waals surface area contributed by atoms with Crippen molar-refractivity contribution in [2.24, 2.45) is 0 Å². The van der Waals surface area contributed by atoms with Crippen LogP contribution in [0.15, 0.2) is 12.2 Å². The number of carbonyl (C=O) groups is 1. The van der Waals surface area contributed by atoms with E-state index in [1.807, 2.05) is 6.92 Å². The van der Waals surface area contributed by atoms with Crippen LogP contribution < -0.4 is 0 Å².